The quantitative estimate of drug-likeness (QED) is 0.689. The minimum absolute atomic E-state index is 0.0227. The fraction of sp³-hybridized carbons (Fsp3) is 0.400. The molecule has 0 aliphatic heterocycles. The van der Waals surface area contributed by atoms with E-state index in [1.54, 1.807) is 0 Å². The number of ether oxygens (including phenoxy) is 1. The van der Waals surface area contributed by atoms with Gasteiger partial charge >= 0.3 is 0 Å². The van der Waals surface area contributed by atoms with Crippen LogP contribution in [0.15, 0.2) is 12.1 Å². The molecule has 0 saturated heterocycles. The van der Waals surface area contributed by atoms with E-state index in [2.05, 4.69) is 4.74 Å². The predicted molar refractivity (Wildman–Crippen MR) is 47.0 cm³/mol. The van der Waals surface area contributed by atoms with Crippen molar-refractivity contribution in [1.29, 1.82) is 0 Å². The van der Waals surface area contributed by atoms with Crippen LogP contribution in [0.2, 0.25) is 0 Å². The van der Waals surface area contributed by atoms with Gasteiger partial charge in [-0.3, -0.25) is 0 Å². The van der Waals surface area contributed by atoms with E-state index in [0.29, 0.717) is 5.56 Å². The van der Waals surface area contributed by atoms with Gasteiger partial charge in [0.05, 0.1) is 7.11 Å². The zero-order valence-electron chi connectivity index (χ0n) is 7.90. The topological polar surface area (TPSA) is 9.23 Å². The Bertz CT molecular complexity index is 308. The Morgan fingerprint density at radius 1 is 1.23 bits per heavy atom. The van der Waals surface area contributed by atoms with E-state index in [1.807, 2.05) is 13.8 Å². The predicted octanol–water partition coefficient (Wildman–Crippen LogP) is 3.10. The summed E-state index contributed by atoms with van der Waals surface area (Å²) >= 11 is 0. The summed E-state index contributed by atoms with van der Waals surface area (Å²) in [5, 5.41) is 0. The second-order valence-corrected chi connectivity index (χ2v) is 3.14. The van der Waals surface area contributed by atoms with Gasteiger partial charge in [-0.2, -0.15) is 0 Å². The molecule has 0 unspecified atom stereocenters. The Morgan fingerprint density at radius 3 is 2.31 bits per heavy atom. The molecule has 3 heteroatoms. The summed E-state index contributed by atoms with van der Waals surface area (Å²) in [6.07, 6.45) is 0. The largest absolute Gasteiger partial charge is 0.491 e. The number of hydrogen-bond donors (Lipinski definition) is 0. The lowest BCUT2D eigenvalue weighted by Crippen LogP contribution is -1.99. The lowest BCUT2D eigenvalue weighted by atomic mass is 10.0. The molecular formula is C10H12F2O. The van der Waals surface area contributed by atoms with Crippen molar-refractivity contribution in [3.63, 3.8) is 0 Å². The van der Waals surface area contributed by atoms with E-state index in [-0.39, 0.29) is 11.7 Å². The summed E-state index contributed by atoms with van der Waals surface area (Å²) in [7, 11) is 1.26. The van der Waals surface area contributed by atoms with Gasteiger partial charge in [-0.1, -0.05) is 19.9 Å². The lowest BCUT2D eigenvalue weighted by molar-refractivity contribution is 0.356. The van der Waals surface area contributed by atoms with Gasteiger partial charge in [0.15, 0.2) is 17.4 Å². The van der Waals surface area contributed by atoms with Crippen molar-refractivity contribution in [3.05, 3.63) is 29.3 Å². The van der Waals surface area contributed by atoms with Crippen molar-refractivity contribution in [2.24, 2.45) is 0 Å². The van der Waals surface area contributed by atoms with Gasteiger partial charge in [0.25, 0.3) is 0 Å². The van der Waals surface area contributed by atoms with Crippen LogP contribution in [0.3, 0.4) is 0 Å². The molecular weight excluding hydrogens is 174 g/mol. The zero-order chi connectivity index (χ0) is 10.0. The van der Waals surface area contributed by atoms with Gasteiger partial charge in [-0.15, -0.1) is 0 Å². The second kappa shape index (κ2) is 3.73. The third-order valence-electron chi connectivity index (χ3n) is 1.91. The first-order chi connectivity index (χ1) is 6.07. The molecule has 0 N–H and O–H groups in total. The molecule has 0 aromatic heterocycles. The second-order valence-electron chi connectivity index (χ2n) is 3.14. The summed E-state index contributed by atoms with van der Waals surface area (Å²) in [4.78, 5) is 0. The molecule has 0 amide bonds. The Hall–Kier alpha value is -1.12. The number of methoxy groups -OCH3 is 1. The van der Waals surface area contributed by atoms with Crippen LogP contribution < -0.4 is 4.74 Å². The molecule has 1 aromatic carbocycles. The first-order valence-corrected chi connectivity index (χ1v) is 4.09. The number of hydrogen-bond acceptors (Lipinski definition) is 1. The van der Waals surface area contributed by atoms with Crippen molar-refractivity contribution in [3.8, 4) is 5.75 Å². The van der Waals surface area contributed by atoms with Crippen molar-refractivity contribution in [2.75, 3.05) is 7.11 Å². The third kappa shape index (κ3) is 1.79. The van der Waals surface area contributed by atoms with Gasteiger partial charge in [-0.25, -0.2) is 8.78 Å². The molecule has 0 atom stereocenters. The summed E-state index contributed by atoms with van der Waals surface area (Å²) in [5.41, 5.74) is 0.471. The van der Waals surface area contributed by atoms with Crippen molar-refractivity contribution < 1.29 is 13.5 Å². The molecule has 0 fully saturated rings. The maximum atomic E-state index is 13.4. The van der Waals surface area contributed by atoms with Crippen LogP contribution >= 0.6 is 0 Å². The number of halogens is 2. The van der Waals surface area contributed by atoms with Crippen molar-refractivity contribution >= 4 is 0 Å². The molecule has 1 rings (SSSR count). The van der Waals surface area contributed by atoms with Crippen LogP contribution in [-0.2, 0) is 0 Å². The monoisotopic (exact) mass is 186 g/mol. The van der Waals surface area contributed by atoms with E-state index < -0.39 is 11.6 Å². The Kier molecular flexibility index (Phi) is 2.86. The van der Waals surface area contributed by atoms with Gasteiger partial charge in [-0.05, 0) is 17.5 Å². The molecule has 0 heterocycles. The van der Waals surface area contributed by atoms with Gasteiger partial charge in [0, 0.05) is 0 Å². The summed E-state index contributed by atoms with van der Waals surface area (Å²) in [5.74, 6) is -1.54. The molecule has 0 radical (unpaired) electrons. The number of rotatable bonds is 2. The summed E-state index contributed by atoms with van der Waals surface area (Å²) in [6.45, 7) is 3.69. The van der Waals surface area contributed by atoms with E-state index in [4.69, 9.17) is 0 Å². The van der Waals surface area contributed by atoms with E-state index in [1.165, 1.54) is 19.2 Å². The fourth-order valence-corrected chi connectivity index (χ4v) is 1.18. The molecule has 0 aliphatic carbocycles. The van der Waals surface area contributed by atoms with Gasteiger partial charge in [0.2, 0.25) is 0 Å². The molecule has 0 aliphatic rings. The van der Waals surface area contributed by atoms with E-state index in [0.717, 1.165) is 0 Å². The lowest BCUT2D eigenvalue weighted by Gasteiger charge is -2.10. The number of benzene rings is 1. The standard InChI is InChI=1S/C10H12F2O/c1-6(2)7-4-5-8(11)10(13-3)9(7)12/h4-6H,1-3H3. The Morgan fingerprint density at radius 2 is 1.85 bits per heavy atom. The van der Waals surface area contributed by atoms with Crippen LogP contribution in [0.25, 0.3) is 0 Å². The van der Waals surface area contributed by atoms with Crippen LogP contribution in [-0.4, -0.2) is 7.11 Å². The van der Waals surface area contributed by atoms with Crippen LogP contribution in [0.4, 0.5) is 8.78 Å². The summed E-state index contributed by atoms with van der Waals surface area (Å²) in [6, 6.07) is 2.66. The molecule has 0 bridgehead atoms. The SMILES string of the molecule is COc1c(F)ccc(C(C)C)c1F. The van der Waals surface area contributed by atoms with Crippen LogP contribution in [0.1, 0.15) is 25.3 Å². The van der Waals surface area contributed by atoms with Crippen LogP contribution in [0.5, 0.6) is 5.75 Å². The van der Waals surface area contributed by atoms with Crippen molar-refractivity contribution in [1.82, 2.24) is 0 Å². The molecule has 0 spiro atoms. The average Bonchev–Trinajstić information content (AvgIpc) is 2.04. The van der Waals surface area contributed by atoms with Gasteiger partial charge < -0.3 is 4.74 Å². The molecule has 1 aromatic rings. The molecule has 1 nitrogen and oxygen atoms in total. The maximum Gasteiger partial charge on any atom is 0.190 e. The summed E-state index contributed by atoms with van der Waals surface area (Å²) < 4.78 is 31.0. The maximum absolute atomic E-state index is 13.4. The highest BCUT2D eigenvalue weighted by Crippen LogP contribution is 2.28. The minimum Gasteiger partial charge on any atom is -0.491 e. The Labute approximate surface area is 76.3 Å². The molecule has 13 heavy (non-hydrogen) atoms. The van der Waals surface area contributed by atoms with Crippen molar-refractivity contribution in [2.45, 2.75) is 19.8 Å². The molecule has 72 valence electrons. The van der Waals surface area contributed by atoms with E-state index in [9.17, 15) is 8.78 Å². The smallest absolute Gasteiger partial charge is 0.190 e. The fourth-order valence-electron chi connectivity index (χ4n) is 1.18. The first-order valence-electron chi connectivity index (χ1n) is 4.09. The normalized spacial score (nSPS) is 10.6. The Balaban J connectivity index is 3.27. The highest BCUT2D eigenvalue weighted by atomic mass is 19.1. The van der Waals surface area contributed by atoms with Crippen LogP contribution in [0, 0.1) is 11.6 Å². The highest BCUT2D eigenvalue weighted by molar-refractivity contribution is 5.34. The zero-order valence-corrected chi connectivity index (χ0v) is 7.90. The molecule has 0 saturated carbocycles. The van der Waals surface area contributed by atoms with E-state index >= 15 is 0 Å². The van der Waals surface area contributed by atoms with Gasteiger partial charge in [0.1, 0.15) is 0 Å². The average molecular weight is 186 g/mol. The highest BCUT2D eigenvalue weighted by Gasteiger charge is 2.15. The third-order valence-corrected chi connectivity index (χ3v) is 1.91. The first kappa shape index (κ1) is 9.96. The minimum atomic E-state index is -0.663.